The summed E-state index contributed by atoms with van der Waals surface area (Å²) < 4.78 is 27.6. The van der Waals surface area contributed by atoms with Gasteiger partial charge in [-0.05, 0) is 37.5 Å². The number of H-pyrrole nitrogens is 1. The van der Waals surface area contributed by atoms with Crippen molar-refractivity contribution >= 4 is 15.7 Å². The number of aromatic amines is 1. The first-order chi connectivity index (χ1) is 10.9. The summed E-state index contributed by atoms with van der Waals surface area (Å²) in [5, 5.41) is 6.57. The van der Waals surface area contributed by atoms with Crippen molar-refractivity contribution in [3.8, 4) is 0 Å². The Morgan fingerprint density at radius 3 is 2.78 bits per heavy atom. The molecule has 3 rings (SSSR count). The smallest absolute Gasteiger partial charge is 0.247 e. The van der Waals surface area contributed by atoms with Crippen LogP contribution in [-0.2, 0) is 10.0 Å². The summed E-state index contributed by atoms with van der Waals surface area (Å²) in [4.78, 5) is 2.30. The van der Waals surface area contributed by atoms with Gasteiger partial charge < -0.3 is 4.90 Å². The van der Waals surface area contributed by atoms with Crippen LogP contribution in [-0.4, -0.2) is 43.6 Å². The summed E-state index contributed by atoms with van der Waals surface area (Å²) in [7, 11) is 0.436. The maximum absolute atomic E-state index is 13.0. The van der Waals surface area contributed by atoms with Gasteiger partial charge in [-0.15, -0.1) is 0 Å². The first kappa shape index (κ1) is 16.0. The Morgan fingerprint density at radius 1 is 1.35 bits per heavy atom. The number of nitrogens with zero attached hydrogens (tertiary/aromatic N) is 3. The maximum Gasteiger partial charge on any atom is 0.247 e. The molecule has 0 saturated carbocycles. The van der Waals surface area contributed by atoms with Crippen molar-refractivity contribution in [3.05, 3.63) is 41.7 Å². The molecule has 1 atom stereocenters. The molecular formula is C16H22N4O2S. The van der Waals surface area contributed by atoms with Gasteiger partial charge >= 0.3 is 0 Å². The molecule has 23 heavy (non-hydrogen) atoms. The molecule has 1 fully saturated rings. The Bertz CT molecular complexity index is 798. The van der Waals surface area contributed by atoms with E-state index in [2.05, 4.69) is 16.3 Å². The van der Waals surface area contributed by atoms with Gasteiger partial charge in [-0.2, -0.15) is 9.40 Å². The molecule has 1 aliphatic heterocycles. The average Bonchev–Trinajstić information content (AvgIpc) is 3.16. The van der Waals surface area contributed by atoms with Crippen LogP contribution >= 0.6 is 0 Å². The van der Waals surface area contributed by atoms with E-state index in [1.54, 1.807) is 11.2 Å². The molecule has 1 unspecified atom stereocenters. The van der Waals surface area contributed by atoms with Crippen LogP contribution in [0.3, 0.4) is 0 Å². The van der Waals surface area contributed by atoms with Crippen molar-refractivity contribution in [1.82, 2.24) is 14.5 Å². The van der Waals surface area contributed by atoms with Gasteiger partial charge in [0.25, 0.3) is 0 Å². The number of aromatic nitrogens is 2. The number of anilines is 1. The number of hydrogen-bond donors (Lipinski definition) is 1. The zero-order valence-corrected chi connectivity index (χ0v) is 14.5. The lowest BCUT2D eigenvalue weighted by Crippen LogP contribution is -2.31. The van der Waals surface area contributed by atoms with Crippen LogP contribution in [0.25, 0.3) is 0 Å². The summed E-state index contributed by atoms with van der Waals surface area (Å²) in [6.45, 7) is 2.28. The molecule has 0 amide bonds. The van der Waals surface area contributed by atoms with Crippen molar-refractivity contribution < 1.29 is 8.42 Å². The summed E-state index contributed by atoms with van der Waals surface area (Å²) in [5.41, 5.74) is 2.70. The Balaban J connectivity index is 1.98. The van der Waals surface area contributed by atoms with E-state index in [4.69, 9.17) is 0 Å². The third-order valence-corrected chi connectivity index (χ3v) is 6.37. The number of benzene rings is 1. The maximum atomic E-state index is 13.0. The highest BCUT2D eigenvalue weighted by molar-refractivity contribution is 7.89. The fourth-order valence-electron chi connectivity index (χ4n) is 3.10. The number of nitrogens with one attached hydrogen (secondary N) is 1. The van der Waals surface area contributed by atoms with Crippen LogP contribution in [0.15, 0.2) is 35.4 Å². The van der Waals surface area contributed by atoms with E-state index in [1.165, 1.54) is 6.20 Å². The van der Waals surface area contributed by atoms with E-state index in [-0.39, 0.29) is 10.9 Å². The first-order valence-electron chi connectivity index (χ1n) is 7.70. The SMILES string of the molecule is Cc1[nH]ncc1S(=O)(=O)N1CCCC1c1cccc(N(C)C)c1. The summed E-state index contributed by atoms with van der Waals surface area (Å²) >= 11 is 0. The average molecular weight is 334 g/mol. The molecule has 124 valence electrons. The predicted octanol–water partition coefficient (Wildman–Crippen LogP) is 2.31. The zero-order valence-electron chi connectivity index (χ0n) is 13.7. The summed E-state index contributed by atoms with van der Waals surface area (Å²) in [6.07, 6.45) is 3.11. The molecule has 0 radical (unpaired) electrons. The normalized spacial score (nSPS) is 19.2. The van der Waals surface area contributed by atoms with Crippen LogP contribution in [0.5, 0.6) is 0 Å². The minimum atomic E-state index is -3.53. The van der Waals surface area contributed by atoms with Gasteiger partial charge in [-0.25, -0.2) is 8.42 Å². The van der Waals surface area contributed by atoms with Crippen LogP contribution in [0, 0.1) is 6.92 Å². The molecule has 1 aromatic heterocycles. The van der Waals surface area contributed by atoms with Crippen LogP contribution in [0.4, 0.5) is 5.69 Å². The van der Waals surface area contributed by atoms with Crippen LogP contribution < -0.4 is 4.90 Å². The number of rotatable bonds is 4. The van der Waals surface area contributed by atoms with Crippen molar-refractivity contribution in [1.29, 1.82) is 0 Å². The minimum Gasteiger partial charge on any atom is -0.378 e. The van der Waals surface area contributed by atoms with E-state index in [9.17, 15) is 8.42 Å². The van der Waals surface area contributed by atoms with Gasteiger partial charge in [0.15, 0.2) is 0 Å². The topological polar surface area (TPSA) is 69.3 Å². The molecule has 1 saturated heterocycles. The fourth-order valence-corrected chi connectivity index (χ4v) is 4.90. The highest BCUT2D eigenvalue weighted by Crippen LogP contribution is 2.37. The Morgan fingerprint density at radius 2 is 2.13 bits per heavy atom. The largest absolute Gasteiger partial charge is 0.378 e. The fraction of sp³-hybridized carbons (Fsp3) is 0.438. The lowest BCUT2D eigenvalue weighted by molar-refractivity contribution is 0.396. The molecule has 0 spiro atoms. The molecule has 7 heteroatoms. The van der Waals surface area contributed by atoms with E-state index >= 15 is 0 Å². The van der Waals surface area contributed by atoms with Gasteiger partial charge in [0.05, 0.1) is 17.9 Å². The van der Waals surface area contributed by atoms with Gasteiger partial charge in [0.2, 0.25) is 10.0 Å². The highest BCUT2D eigenvalue weighted by Gasteiger charge is 2.37. The molecule has 0 aliphatic carbocycles. The van der Waals surface area contributed by atoms with Gasteiger partial charge in [0, 0.05) is 26.3 Å². The van der Waals surface area contributed by atoms with Gasteiger partial charge in [-0.1, -0.05) is 12.1 Å². The number of aryl methyl sites for hydroxylation is 1. The van der Waals surface area contributed by atoms with Gasteiger partial charge in [-0.3, -0.25) is 5.10 Å². The minimum absolute atomic E-state index is 0.116. The molecule has 1 N–H and O–H groups in total. The van der Waals surface area contributed by atoms with Crippen molar-refractivity contribution in [2.75, 3.05) is 25.5 Å². The molecule has 1 aromatic carbocycles. The second kappa shape index (κ2) is 5.98. The highest BCUT2D eigenvalue weighted by atomic mass is 32.2. The number of sulfonamides is 1. The Kier molecular flexibility index (Phi) is 4.16. The molecule has 0 bridgehead atoms. The second-order valence-electron chi connectivity index (χ2n) is 6.12. The van der Waals surface area contributed by atoms with Crippen LogP contribution in [0.1, 0.15) is 30.1 Å². The monoisotopic (exact) mass is 334 g/mol. The quantitative estimate of drug-likeness (QED) is 0.931. The third-order valence-electron chi connectivity index (χ3n) is 4.35. The Labute approximate surface area is 137 Å². The molecule has 2 heterocycles. The first-order valence-corrected chi connectivity index (χ1v) is 9.14. The summed E-state index contributed by atoms with van der Waals surface area (Å²) in [6, 6.07) is 7.97. The molecule has 2 aromatic rings. The second-order valence-corrected chi connectivity index (χ2v) is 7.98. The van der Waals surface area contributed by atoms with Crippen LogP contribution in [0.2, 0.25) is 0 Å². The Hall–Kier alpha value is -1.86. The molecule has 6 nitrogen and oxygen atoms in total. The lowest BCUT2D eigenvalue weighted by atomic mass is 10.0. The molecule has 1 aliphatic rings. The van der Waals surface area contributed by atoms with Gasteiger partial charge in [0.1, 0.15) is 4.90 Å². The van der Waals surface area contributed by atoms with E-state index < -0.39 is 10.0 Å². The number of hydrogen-bond acceptors (Lipinski definition) is 4. The third kappa shape index (κ3) is 2.86. The predicted molar refractivity (Wildman–Crippen MR) is 90.0 cm³/mol. The standard InChI is InChI=1S/C16H22N4O2S/c1-12-16(11-17-18-12)23(21,22)20-9-5-8-15(20)13-6-4-7-14(10-13)19(2)3/h4,6-7,10-11,15H,5,8-9H2,1-3H3,(H,17,18). The summed E-state index contributed by atoms with van der Waals surface area (Å²) in [5.74, 6) is 0. The lowest BCUT2D eigenvalue weighted by Gasteiger charge is -2.25. The van der Waals surface area contributed by atoms with E-state index in [1.807, 2.05) is 37.2 Å². The van der Waals surface area contributed by atoms with E-state index in [0.717, 1.165) is 24.1 Å². The van der Waals surface area contributed by atoms with Crippen molar-refractivity contribution in [2.24, 2.45) is 0 Å². The van der Waals surface area contributed by atoms with Crippen molar-refractivity contribution in [2.45, 2.75) is 30.7 Å². The zero-order chi connectivity index (χ0) is 16.6. The van der Waals surface area contributed by atoms with E-state index in [0.29, 0.717) is 12.2 Å². The molecular weight excluding hydrogens is 312 g/mol. The van der Waals surface area contributed by atoms with Crippen molar-refractivity contribution in [3.63, 3.8) is 0 Å².